The number of ether oxygens (including phenoxy) is 1. The molecule has 1 fully saturated rings. The Morgan fingerprint density at radius 1 is 0.900 bits per heavy atom. The molecule has 4 rings (SSSR count). The Labute approximate surface area is 229 Å². The molecule has 40 heavy (non-hydrogen) atoms. The van der Waals surface area contributed by atoms with E-state index in [4.69, 9.17) is 4.74 Å². The minimum absolute atomic E-state index is 0.0678. The van der Waals surface area contributed by atoms with Crippen molar-refractivity contribution in [3.63, 3.8) is 0 Å². The average Bonchev–Trinajstić information content (AvgIpc) is 3.75. The van der Waals surface area contributed by atoms with Gasteiger partial charge in [0, 0.05) is 37.3 Å². The highest BCUT2D eigenvalue weighted by Crippen LogP contribution is 2.37. The third kappa shape index (κ3) is 8.52. The molecule has 10 heteroatoms. The quantitative estimate of drug-likeness (QED) is 0.222. The summed E-state index contributed by atoms with van der Waals surface area (Å²) in [6.45, 7) is 0.871. The van der Waals surface area contributed by atoms with Crippen LogP contribution in [0.25, 0.3) is 11.3 Å². The van der Waals surface area contributed by atoms with Crippen LogP contribution in [0.4, 0.5) is 26.3 Å². The number of pyridine rings is 1. The van der Waals surface area contributed by atoms with Crippen molar-refractivity contribution in [2.45, 2.75) is 50.0 Å². The molecule has 0 bridgehead atoms. The van der Waals surface area contributed by atoms with Crippen molar-refractivity contribution in [1.82, 2.24) is 10.3 Å². The zero-order chi connectivity index (χ0) is 28.8. The van der Waals surface area contributed by atoms with E-state index in [1.807, 2.05) is 30.3 Å². The van der Waals surface area contributed by atoms with Crippen molar-refractivity contribution in [3.05, 3.63) is 89.1 Å². The molecule has 1 aromatic heterocycles. The van der Waals surface area contributed by atoms with E-state index < -0.39 is 29.5 Å². The first-order valence-corrected chi connectivity index (χ1v) is 13.3. The molecule has 2 aromatic carbocycles. The first-order valence-electron chi connectivity index (χ1n) is 13.3. The molecule has 0 spiro atoms. The van der Waals surface area contributed by atoms with Gasteiger partial charge in [-0.1, -0.05) is 48.5 Å². The van der Waals surface area contributed by atoms with Gasteiger partial charge >= 0.3 is 12.4 Å². The first-order chi connectivity index (χ1) is 19.0. The number of nitrogens with one attached hydrogen (secondary N) is 1. The maximum Gasteiger partial charge on any atom is 0.433 e. The van der Waals surface area contributed by atoms with Crippen LogP contribution in [0, 0.1) is 5.92 Å². The van der Waals surface area contributed by atoms with Crippen LogP contribution in [0.15, 0.2) is 66.7 Å². The molecule has 1 saturated carbocycles. The van der Waals surface area contributed by atoms with E-state index in [1.165, 1.54) is 12.1 Å². The van der Waals surface area contributed by atoms with Gasteiger partial charge in [0.15, 0.2) is 0 Å². The summed E-state index contributed by atoms with van der Waals surface area (Å²) in [6.07, 6.45) is -6.39. The van der Waals surface area contributed by atoms with Crippen LogP contribution in [-0.4, -0.2) is 42.5 Å². The summed E-state index contributed by atoms with van der Waals surface area (Å²) < 4.78 is 87.2. The Bertz CT molecular complexity index is 1210. The van der Waals surface area contributed by atoms with Crippen LogP contribution in [0.3, 0.4) is 0 Å². The second-order valence-corrected chi connectivity index (χ2v) is 10.2. The molecule has 0 saturated heterocycles. The minimum atomic E-state index is -4.80. The van der Waals surface area contributed by atoms with Gasteiger partial charge < -0.3 is 15.2 Å². The number of halogens is 6. The monoisotopic (exact) mass is 566 g/mol. The molecule has 3 aromatic rings. The molecule has 216 valence electrons. The summed E-state index contributed by atoms with van der Waals surface area (Å²) in [5.41, 5.74) is -0.984. The van der Waals surface area contributed by atoms with Crippen LogP contribution < -0.4 is 5.32 Å². The Morgan fingerprint density at radius 2 is 1.60 bits per heavy atom. The van der Waals surface area contributed by atoms with E-state index in [-0.39, 0.29) is 42.4 Å². The summed E-state index contributed by atoms with van der Waals surface area (Å²) >= 11 is 0. The lowest BCUT2D eigenvalue weighted by Crippen LogP contribution is -2.39. The highest BCUT2D eigenvalue weighted by Gasteiger charge is 2.38. The summed E-state index contributed by atoms with van der Waals surface area (Å²) in [6, 6.07) is 16.1. The van der Waals surface area contributed by atoms with Crippen LogP contribution in [0.2, 0.25) is 0 Å². The number of aliphatic hydroxyl groups is 1. The van der Waals surface area contributed by atoms with E-state index >= 15 is 0 Å². The molecule has 2 N–H and O–H groups in total. The summed E-state index contributed by atoms with van der Waals surface area (Å²) in [7, 11) is 0. The molecular weight excluding hydrogens is 534 g/mol. The molecule has 2 atom stereocenters. The van der Waals surface area contributed by atoms with Gasteiger partial charge in [-0.2, -0.15) is 26.3 Å². The molecule has 1 unspecified atom stereocenters. The topological polar surface area (TPSA) is 54.4 Å². The lowest BCUT2D eigenvalue weighted by Gasteiger charge is -2.25. The molecule has 1 heterocycles. The van der Waals surface area contributed by atoms with Crippen molar-refractivity contribution < 1.29 is 36.2 Å². The van der Waals surface area contributed by atoms with Gasteiger partial charge in [0.25, 0.3) is 0 Å². The smallest absolute Gasteiger partial charge is 0.396 e. The van der Waals surface area contributed by atoms with Gasteiger partial charge in [0.1, 0.15) is 5.69 Å². The van der Waals surface area contributed by atoms with Crippen LogP contribution >= 0.6 is 0 Å². The molecule has 0 aliphatic heterocycles. The van der Waals surface area contributed by atoms with Gasteiger partial charge in [-0.15, -0.1) is 0 Å². The standard InChI is InChI=1S/C30H32F6N2O2/c31-29(32,33)24-10-8-22(9-11-24)27-13-12-26(28(38-27)30(34,35)36)23(14-15-39)17-37-25(19-40-18-21-6-7-21)16-20-4-2-1-3-5-20/h1-5,8-13,21,23,25,37,39H,6-7,14-19H2/t23?,25-/m0/s1. The average molecular weight is 567 g/mol. The second kappa shape index (κ2) is 13.1. The number of alkyl halides is 6. The van der Waals surface area contributed by atoms with E-state index in [0.29, 0.717) is 25.6 Å². The van der Waals surface area contributed by atoms with Gasteiger partial charge in [0.2, 0.25) is 0 Å². The number of nitrogens with zero attached hydrogens (tertiary/aromatic N) is 1. The zero-order valence-corrected chi connectivity index (χ0v) is 21.8. The Balaban J connectivity index is 1.55. The van der Waals surface area contributed by atoms with Crippen molar-refractivity contribution in [1.29, 1.82) is 0 Å². The fraction of sp³-hybridized carbons (Fsp3) is 0.433. The number of aromatic nitrogens is 1. The summed E-state index contributed by atoms with van der Waals surface area (Å²) in [5, 5.41) is 13.0. The fourth-order valence-corrected chi connectivity index (χ4v) is 4.60. The highest BCUT2D eigenvalue weighted by atomic mass is 19.4. The molecular formula is C30H32F6N2O2. The predicted molar refractivity (Wildman–Crippen MR) is 140 cm³/mol. The van der Waals surface area contributed by atoms with Gasteiger partial charge in [-0.3, -0.25) is 0 Å². The molecule has 4 nitrogen and oxygen atoms in total. The summed E-state index contributed by atoms with van der Waals surface area (Å²) in [4.78, 5) is 3.84. The number of hydrogen-bond donors (Lipinski definition) is 2. The van der Waals surface area contributed by atoms with Crippen LogP contribution in [-0.2, 0) is 23.5 Å². The van der Waals surface area contributed by atoms with E-state index in [0.717, 1.165) is 42.7 Å². The van der Waals surface area contributed by atoms with Crippen molar-refractivity contribution in [2.24, 2.45) is 5.92 Å². The zero-order valence-electron chi connectivity index (χ0n) is 21.8. The van der Waals surface area contributed by atoms with Gasteiger partial charge in [-0.05, 0) is 60.9 Å². The third-order valence-electron chi connectivity index (χ3n) is 6.97. The normalized spacial score (nSPS) is 15.7. The molecule has 0 radical (unpaired) electrons. The summed E-state index contributed by atoms with van der Waals surface area (Å²) in [5.74, 6) is -0.138. The Morgan fingerprint density at radius 3 is 2.20 bits per heavy atom. The van der Waals surface area contributed by atoms with Crippen molar-refractivity contribution in [3.8, 4) is 11.3 Å². The molecule has 1 aliphatic carbocycles. The van der Waals surface area contributed by atoms with Crippen molar-refractivity contribution in [2.75, 3.05) is 26.4 Å². The maximum atomic E-state index is 14.2. The number of benzene rings is 2. The minimum Gasteiger partial charge on any atom is -0.396 e. The molecule has 0 amide bonds. The predicted octanol–water partition coefficient (Wildman–Crippen LogP) is 6.88. The van der Waals surface area contributed by atoms with Gasteiger partial charge in [-0.25, -0.2) is 4.98 Å². The number of aliphatic hydroxyl groups excluding tert-OH is 1. The van der Waals surface area contributed by atoms with Crippen LogP contribution in [0.5, 0.6) is 0 Å². The third-order valence-corrected chi connectivity index (χ3v) is 6.97. The lowest BCUT2D eigenvalue weighted by molar-refractivity contribution is -0.142. The maximum absolute atomic E-state index is 14.2. The van der Waals surface area contributed by atoms with Crippen LogP contribution in [0.1, 0.15) is 47.6 Å². The Hall–Kier alpha value is -2.95. The number of rotatable bonds is 13. The SMILES string of the molecule is OCCC(CN[C@H](COCC1CC1)Cc1ccccc1)c1ccc(-c2ccc(C(F)(F)F)cc2)nc1C(F)(F)F. The first kappa shape index (κ1) is 30.0. The van der Waals surface area contributed by atoms with Crippen molar-refractivity contribution >= 4 is 0 Å². The highest BCUT2D eigenvalue weighted by molar-refractivity contribution is 5.60. The molecule has 1 aliphatic rings. The fourth-order valence-electron chi connectivity index (χ4n) is 4.60. The lowest BCUT2D eigenvalue weighted by atomic mass is 9.92. The largest absolute Gasteiger partial charge is 0.433 e. The second-order valence-electron chi connectivity index (χ2n) is 10.2. The van der Waals surface area contributed by atoms with Gasteiger partial charge in [0.05, 0.1) is 17.9 Å². The van der Waals surface area contributed by atoms with E-state index in [9.17, 15) is 31.4 Å². The van der Waals surface area contributed by atoms with E-state index in [2.05, 4.69) is 10.3 Å². The van der Waals surface area contributed by atoms with E-state index in [1.54, 1.807) is 0 Å². The Kier molecular flexibility index (Phi) is 9.86. The number of hydrogen-bond acceptors (Lipinski definition) is 4.